The number of methoxy groups -OCH3 is 1. The van der Waals surface area contributed by atoms with E-state index < -0.39 is 0 Å². The van der Waals surface area contributed by atoms with Crippen molar-refractivity contribution in [2.24, 2.45) is 0 Å². The zero-order valence-corrected chi connectivity index (χ0v) is 20.0. The molecule has 0 fully saturated rings. The van der Waals surface area contributed by atoms with Crippen molar-refractivity contribution in [2.75, 3.05) is 7.11 Å². The molecule has 0 saturated heterocycles. The summed E-state index contributed by atoms with van der Waals surface area (Å²) in [5, 5.41) is 11.8. The number of ether oxygens (including phenoxy) is 1. The minimum atomic E-state index is -0.201. The van der Waals surface area contributed by atoms with Gasteiger partial charge in [0.25, 0.3) is 11.4 Å². The van der Waals surface area contributed by atoms with Crippen molar-refractivity contribution in [2.45, 2.75) is 17.8 Å². The summed E-state index contributed by atoms with van der Waals surface area (Å²) in [5.74, 6) is 1.73. The predicted octanol–water partition coefficient (Wildman–Crippen LogP) is 5.76. The number of rotatable bonds is 6. The fourth-order valence-corrected chi connectivity index (χ4v) is 4.99. The number of fused-ring (bicyclic) bond motifs is 1. The third-order valence-electron chi connectivity index (χ3n) is 4.97. The maximum atomic E-state index is 13.6. The molecule has 5 aromatic rings. The number of hydrogen-bond acceptors (Lipinski definition) is 8. The first-order valence-electron chi connectivity index (χ1n) is 9.90. The number of aryl methyl sites for hydroxylation is 1. The van der Waals surface area contributed by atoms with E-state index in [2.05, 4.69) is 10.2 Å². The Morgan fingerprint density at radius 1 is 1.18 bits per heavy atom. The van der Waals surface area contributed by atoms with Crippen LogP contribution in [-0.4, -0.2) is 26.9 Å². The van der Waals surface area contributed by atoms with Gasteiger partial charge in [-0.15, -0.1) is 21.5 Å². The number of thioether (sulfide) groups is 1. The molecule has 0 bridgehead atoms. The zero-order chi connectivity index (χ0) is 22.9. The van der Waals surface area contributed by atoms with Crippen molar-refractivity contribution in [1.29, 1.82) is 0 Å². The van der Waals surface area contributed by atoms with Gasteiger partial charge in [0.05, 0.1) is 34.3 Å². The average Bonchev–Trinajstić information content (AvgIpc) is 3.52. The summed E-state index contributed by atoms with van der Waals surface area (Å²) < 4.78 is 12.9. The highest BCUT2D eigenvalue weighted by molar-refractivity contribution is 7.98. The molecule has 33 heavy (non-hydrogen) atoms. The van der Waals surface area contributed by atoms with Crippen LogP contribution in [-0.2, 0) is 5.75 Å². The van der Waals surface area contributed by atoms with E-state index in [1.54, 1.807) is 23.8 Å². The second-order valence-electron chi connectivity index (χ2n) is 7.09. The van der Waals surface area contributed by atoms with Gasteiger partial charge in [0.2, 0.25) is 5.89 Å². The monoisotopic (exact) mass is 496 g/mol. The molecule has 0 aliphatic carbocycles. The normalized spacial score (nSPS) is 11.2. The molecule has 166 valence electrons. The largest absolute Gasteiger partial charge is 0.495 e. The quantitative estimate of drug-likeness (QED) is 0.218. The Kier molecular flexibility index (Phi) is 5.92. The number of hydrogen-bond donors (Lipinski definition) is 0. The summed E-state index contributed by atoms with van der Waals surface area (Å²) in [5.41, 5.74) is 1.79. The van der Waals surface area contributed by atoms with Crippen LogP contribution in [0.1, 0.15) is 11.5 Å². The Balaban J connectivity index is 1.60. The summed E-state index contributed by atoms with van der Waals surface area (Å²) >= 11 is 9.16. The molecule has 5 rings (SSSR count). The minimum absolute atomic E-state index is 0.201. The second-order valence-corrected chi connectivity index (χ2v) is 9.39. The number of nitrogens with zero attached hydrogens (tertiary/aromatic N) is 4. The van der Waals surface area contributed by atoms with Crippen LogP contribution in [0.4, 0.5) is 0 Å². The molecular weight excluding hydrogens is 480 g/mol. The Morgan fingerprint density at radius 2 is 2.03 bits per heavy atom. The van der Waals surface area contributed by atoms with Crippen LogP contribution in [0.15, 0.2) is 68.3 Å². The van der Waals surface area contributed by atoms with Crippen molar-refractivity contribution in [1.82, 2.24) is 19.7 Å². The Morgan fingerprint density at radius 3 is 2.82 bits per heavy atom. The van der Waals surface area contributed by atoms with Crippen molar-refractivity contribution in [3.63, 3.8) is 0 Å². The molecule has 0 amide bonds. The summed E-state index contributed by atoms with van der Waals surface area (Å²) in [6.07, 6.45) is 0. The predicted molar refractivity (Wildman–Crippen MR) is 131 cm³/mol. The molecule has 0 aliphatic heterocycles. The van der Waals surface area contributed by atoms with Crippen LogP contribution in [0.5, 0.6) is 5.75 Å². The third kappa shape index (κ3) is 4.15. The molecule has 3 heterocycles. The summed E-state index contributed by atoms with van der Waals surface area (Å²) in [6.45, 7) is 1.88. The lowest BCUT2D eigenvalue weighted by molar-refractivity contribution is 0.411. The van der Waals surface area contributed by atoms with Crippen molar-refractivity contribution >= 4 is 45.6 Å². The van der Waals surface area contributed by atoms with E-state index in [-0.39, 0.29) is 5.56 Å². The van der Waals surface area contributed by atoms with E-state index in [1.807, 2.05) is 48.7 Å². The molecule has 0 N–H and O–H groups in total. The summed E-state index contributed by atoms with van der Waals surface area (Å²) in [6, 6.07) is 14.6. The van der Waals surface area contributed by atoms with Gasteiger partial charge in [0.15, 0.2) is 5.16 Å². The second kappa shape index (κ2) is 9.01. The van der Waals surface area contributed by atoms with Gasteiger partial charge in [0.1, 0.15) is 5.75 Å². The van der Waals surface area contributed by atoms with E-state index in [1.165, 1.54) is 23.1 Å². The van der Waals surface area contributed by atoms with Gasteiger partial charge in [-0.1, -0.05) is 41.6 Å². The first kappa shape index (κ1) is 21.7. The van der Waals surface area contributed by atoms with Gasteiger partial charge in [-0.2, -0.15) is 0 Å². The number of halogens is 1. The molecule has 0 spiro atoms. The van der Waals surface area contributed by atoms with E-state index in [0.29, 0.717) is 50.1 Å². The van der Waals surface area contributed by atoms with Gasteiger partial charge < -0.3 is 9.15 Å². The number of para-hydroxylation sites is 1. The maximum Gasteiger partial charge on any atom is 0.266 e. The molecule has 10 heteroatoms. The molecule has 0 aliphatic rings. The van der Waals surface area contributed by atoms with Crippen LogP contribution >= 0.6 is 34.7 Å². The van der Waals surface area contributed by atoms with Gasteiger partial charge in [0, 0.05) is 11.1 Å². The van der Waals surface area contributed by atoms with E-state index in [9.17, 15) is 4.79 Å². The summed E-state index contributed by atoms with van der Waals surface area (Å²) in [7, 11) is 1.54. The molecule has 7 nitrogen and oxygen atoms in total. The van der Waals surface area contributed by atoms with Crippen molar-refractivity contribution in [3.05, 3.63) is 80.7 Å². The number of benzene rings is 2. The van der Waals surface area contributed by atoms with Crippen molar-refractivity contribution in [3.8, 4) is 22.2 Å². The smallest absolute Gasteiger partial charge is 0.266 e. The van der Waals surface area contributed by atoms with Crippen LogP contribution in [0.25, 0.3) is 27.4 Å². The minimum Gasteiger partial charge on any atom is -0.495 e. The van der Waals surface area contributed by atoms with E-state index in [0.717, 1.165) is 10.4 Å². The number of thiophene rings is 1. The van der Waals surface area contributed by atoms with Gasteiger partial charge in [-0.25, -0.2) is 4.98 Å². The molecule has 0 saturated carbocycles. The highest BCUT2D eigenvalue weighted by Gasteiger charge is 2.19. The topological polar surface area (TPSA) is 83.0 Å². The molecular formula is C23H17ClN4O3S2. The van der Waals surface area contributed by atoms with Gasteiger partial charge >= 0.3 is 0 Å². The SMILES string of the molecule is COc1cc(Cl)c(C)cc1-n1c(SCc2nnc(-c3cccs3)o2)nc2ccccc2c1=O. The standard InChI is InChI=1S/C23H17ClN4O3S2/c1-13-10-17(18(30-2)11-15(13)24)28-22(29)14-6-3-4-7-16(14)25-23(28)33-12-20-26-27-21(31-20)19-8-5-9-32-19/h3-11H,12H2,1-2H3. The fraction of sp³-hybridized carbons (Fsp3) is 0.130. The lowest BCUT2D eigenvalue weighted by atomic mass is 10.2. The molecule has 0 atom stereocenters. The highest BCUT2D eigenvalue weighted by Crippen LogP contribution is 2.33. The lowest BCUT2D eigenvalue weighted by Crippen LogP contribution is -2.22. The molecule has 0 unspecified atom stereocenters. The number of aromatic nitrogens is 4. The Labute approximate surface area is 202 Å². The fourth-order valence-electron chi connectivity index (χ4n) is 3.35. The Bertz CT molecular complexity index is 1510. The van der Waals surface area contributed by atoms with Crippen LogP contribution in [0.2, 0.25) is 5.02 Å². The highest BCUT2D eigenvalue weighted by atomic mass is 35.5. The first-order chi connectivity index (χ1) is 16.0. The van der Waals surface area contributed by atoms with Gasteiger partial charge in [-0.05, 0) is 42.1 Å². The lowest BCUT2D eigenvalue weighted by Gasteiger charge is -2.16. The molecule has 0 radical (unpaired) electrons. The van der Waals surface area contributed by atoms with Crippen LogP contribution in [0.3, 0.4) is 0 Å². The van der Waals surface area contributed by atoms with Crippen LogP contribution in [0, 0.1) is 6.92 Å². The first-order valence-corrected chi connectivity index (χ1v) is 12.1. The molecule has 2 aromatic carbocycles. The Hall–Kier alpha value is -3.14. The zero-order valence-electron chi connectivity index (χ0n) is 17.6. The van der Waals surface area contributed by atoms with Crippen molar-refractivity contribution < 1.29 is 9.15 Å². The third-order valence-corrected chi connectivity index (χ3v) is 7.16. The van der Waals surface area contributed by atoms with E-state index in [4.69, 9.17) is 25.7 Å². The average molecular weight is 497 g/mol. The molecule has 3 aromatic heterocycles. The van der Waals surface area contributed by atoms with Gasteiger partial charge in [-0.3, -0.25) is 9.36 Å². The van der Waals surface area contributed by atoms with Crippen LogP contribution < -0.4 is 10.3 Å². The maximum absolute atomic E-state index is 13.6. The van der Waals surface area contributed by atoms with E-state index >= 15 is 0 Å². The summed E-state index contributed by atoms with van der Waals surface area (Å²) in [4.78, 5) is 19.2.